The number of rotatable bonds is 5. The molecule has 0 unspecified atom stereocenters. The van der Waals surface area contributed by atoms with Crippen LogP contribution in [0.2, 0.25) is 0 Å². The zero-order valence-corrected chi connectivity index (χ0v) is 16.3. The van der Waals surface area contributed by atoms with E-state index in [2.05, 4.69) is 10.3 Å². The number of hydrogen-bond acceptors (Lipinski definition) is 5. The summed E-state index contributed by atoms with van der Waals surface area (Å²) in [6, 6.07) is 12.8. The van der Waals surface area contributed by atoms with E-state index in [0.717, 1.165) is 22.0 Å². The smallest absolute Gasteiger partial charge is 0.340 e. The predicted octanol–water partition coefficient (Wildman–Crippen LogP) is 3.96. The number of benzene rings is 2. The fraction of sp³-hybridized carbons (Fsp3) is 0.227. The van der Waals surface area contributed by atoms with Crippen molar-refractivity contribution in [3.8, 4) is 5.75 Å². The van der Waals surface area contributed by atoms with E-state index in [9.17, 15) is 9.59 Å². The number of anilines is 1. The quantitative estimate of drug-likeness (QED) is 0.680. The van der Waals surface area contributed by atoms with Gasteiger partial charge >= 0.3 is 5.97 Å². The van der Waals surface area contributed by atoms with E-state index in [1.807, 2.05) is 38.1 Å². The summed E-state index contributed by atoms with van der Waals surface area (Å²) in [4.78, 5) is 29.0. The van der Waals surface area contributed by atoms with Crippen LogP contribution < -0.4 is 10.1 Å². The highest BCUT2D eigenvalue weighted by atomic mass is 16.5. The van der Waals surface area contributed by atoms with Crippen LogP contribution in [0.4, 0.5) is 5.69 Å². The Bertz CT molecular complexity index is 1060. The van der Waals surface area contributed by atoms with E-state index in [0.29, 0.717) is 22.7 Å². The molecule has 0 saturated heterocycles. The fourth-order valence-corrected chi connectivity index (χ4v) is 2.86. The Kier molecular flexibility index (Phi) is 5.59. The van der Waals surface area contributed by atoms with Crippen molar-refractivity contribution < 1.29 is 19.1 Å². The molecule has 1 N–H and O–H groups in total. The summed E-state index contributed by atoms with van der Waals surface area (Å²) in [5, 5.41) is 3.56. The van der Waals surface area contributed by atoms with Crippen LogP contribution in [0, 0.1) is 20.8 Å². The summed E-state index contributed by atoms with van der Waals surface area (Å²) in [5.41, 5.74) is 4.34. The number of amides is 1. The number of pyridine rings is 1. The van der Waals surface area contributed by atoms with Crippen molar-refractivity contribution in [1.82, 2.24) is 4.98 Å². The molecule has 0 radical (unpaired) electrons. The van der Waals surface area contributed by atoms with E-state index in [1.54, 1.807) is 32.2 Å². The maximum absolute atomic E-state index is 12.4. The number of nitrogens with zero attached hydrogens (tertiary/aromatic N) is 1. The monoisotopic (exact) mass is 378 g/mol. The summed E-state index contributed by atoms with van der Waals surface area (Å²) in [6.07, 6.45) is 0. The van der Waals surface area contributed by atoms with Gasteiger partial charge in [-0.15, -0.1) is 0 Å². The van der Waals surface area contributed by atoms with Gasteiger partial charge in [-0.2, -0.15) is 0 Å². The van der Waals surface area contributed by atoms with Crippen LogP contribution in [0.15, 0.2) is 42.5 Å². The van der Waals surface area contributed by atoms with Gasteiger partial charge in [0.15, 0.2) is 6.61 Å². The number of nitrogens with one attached hydrogen (secondary N) is 1. The first-order valence-electron chi connectivity index (χ1n) is 8.87. The minimum atomic E-state index is -0.584. The second-order valence-electron chi connectivity index (χ2n) is 6.55. The predicted molar refractivity (Wildman–Crippen MR) is 108 cm³/mol. The number of fused-ring (bicyclic) bond motifs is 1. The zero-order valence-electron chi connectivity index (χ0n) is 16.3. The highest BCUT2D eigenvalue weighted by Gasteiger charge is 2.16. The van der Waals surface area contributed by atoms with Crippen LogP contribution in [-0.2, 0) is 9.53 Å². The molecule has 1 heterocycles. The highest BCUT2D eigenvalue weighted by Crippen LogP contribution is 2.22. The summed E-state index contributed by atoms with van der Waals surface area (Å²) in [6.45, 7) is 5.25. The van der Waals surface area contributed by atoms with Crippen molar-refractivity contribution >= 4 is 28.5 Å². The third-order valence-corrected chi connectivity index (χ3v) is 4.65. The molecule has 28 heavy (non-hydrogen) atoms. The Morgan fingerprint density at radius 3 is 2.61 bits per heavy atom. The van der Waals surface area contributed by atoms with Gasteiger partial charge in [0.2, 0.25) is 0 Å². The molecule has 0 aliphatic heterocycles. The standard InChI is InChI=1S/C22H22N2O4/c1-13-6-5-7-19(14(13)2)24-21(25)12-28-22(26)18-10-16-8-9-17(27-4)11-20(16)23-15(18)3/h5-11H,12H2,1-4H3,(H,24,25). The molecule has 1 amide bonds. The molecule has 0 bridgehead atoms. The van der Waals surface area contributed by atoms with Gasteiger partial charge in [0.1, 0.15) is 5.75 Å². The van der Waals surface area contributed by atoms with Gasteiger partial charge in [-0.25, -0.2) is 4.79 Å². The summed E-state index contributed by atoms with van der Waals surface area (Å²) < 4.78 is 10.4. The van der Waals surface area contributed by atoms with E-state index < -0.39 is 11.9 Å². The van der Waals surface area contributed by atoms with Crippen LogP contribution in [-0.4, -0.2) is 30.6 Å². The van der Waals surface area contributed by atoms with Gasteiger partial charge in [-0.05, 0) is 56.2 Å². The number of ether oxygens (including phenoxy) is 2. The average Bonchev–Trinajstić information content (AvgIpc) is 2.68. The molecule has 0 saturated carbocycles. The Balaban J connectivity index is 1.69. The van der Waals surface area contributed by atoms with Gasteiger partial charge in [-0.3, -0.25) is 9.78 Å². The molecule has 0 aliphatic carbocycles. The van der Waals surface area contributed by atoms with Crippen LogP contribution in [0.3, 0.4) is 0 Å². The third-order valence-electron chi connectivity index (χ3n) is 4.65. The largest absolute Gasteiger partial charge is 0.497 e. The number of aromatic nitrogens is 1. The molecule has 3 aromatic rings. The number of carbonyl (C=O) groups excluding carboxylic acids is 2. The molecule has 0 aliphatic rings. The fourth-order valence-electron chi connectivity index (χ4n) is 2.86. The summed E-state index contributed by atoms with van der Waals surface area (Å²) in [7, 11) is 1.59. The Labute approximate surface area is 163 Å². The molecule has 0 atom stereocenters. The van der Waals surface area contributed by atoms with Gasteiger partial charge in [0.25, 0.3) is 5.91 Å². The molecule has 1 aromatic heterocycles. The Morgan fingerprint density at radius 1 is 1.07 bits per heavy atom. The zero-order chi connectivity index (χ0) is 20.3. The second-order valence-corrected chi connectivity index (χ2v) is 6.55. The first-order valence-corrected chi connectivity index (χ1v) is 8.87. The van der Waals surface area contributed by atoms with E-state index >= 15 is 0 Å². The lowest BCUT2D eigenvalue weighted by Gasteiger charge is -2.11. The third kappa shape index (κ3) is 4.11. The summed E-state index contributed by atoms with van der Waals surface area (Å²) >= 11 is 0. The van der Waals surface area contributed by atoms with Crippen molar-refractivity contribution in [2.45, 2.75) is 20.8 Å². The summed E-state index contributed by atoms with van der Waals surface area (Å²) in [5.74, 6) is -0.283. The number of hydrogen-bond donors (Lipinski definition) is 1. The first kappa shape index (κ1) is 19.4. The van der Waals surface area contributed by atoms with E-state index in [4.69, 9.17) is 9.47 Å². The van der Waals surface area contributed by atoms with Crippen LogP contribution in [0.5, 0.6) is 5.75 Å². The minimum Gasteiger partial charge on any atom is -0.497 e. The highest BCUT2D eigenvalue weighted by molar-refractivity contribution is 5.98. The average molecular weight is 378 g/mol. The lowest BCUT2D eigenvalue weighted by molar-refractivity contribution is -0.119. The van der Waals surface area contributed by atoms with E-state index in [1.165, 1.54) is 0 Å². The lowest BCUT2D eigenvalue weighted by Crippen LogP contribution is -2.22. The first-order chi connectivity index (χ1) is 13.4. The van der Waals surface area contributed by atoms with Gasteiger partial charge < -0.3 is 14.8 Å². The Morgan fingerprint density at radius 2 is 1.86 bits per heavy atom. The van der Waals surface area contributed by atoms with E-state index in [-0.39, 0.29) is 6.61 Å². The molecule has 6 nitrogen and oxygen atoms in total. The molecular weight excluding hydrogens is 356 g/mol. The topological polar surface area (TPSA) is 77.5 Å². The SMILES string of the molecule is COc1ccc2cc(C(=O)OCC(=O)Nc3cccc(C)c3C)c(C)nc2c1. The number of aryl methyl sites for hydroxylation is 2. The van der Waals surface area contributed by atoms with Crippen molar-refractivity contribution in [3.05, 3.63) is 64.8 Å². The number of esters is 1. The van der Waals surface area contributed by atoms with Crippen LogP contribution >= 0.6 is 0 Å². The van der Waals surface area contributed by atoms with Crippen LogP contribution in [0.25, 0.3) is 10.9 Å². The molecule has 144 valence electrons. The molecule has 6 heteroatoms. The normalized spacial score (nSPS) is 10.6. The molecule has 0 fully saturated rings. The number of carbonyl (C=O) groups is 2. The second kappa shape index (κ2) is 8.08. The molecule has 0 spiro atoms. The van der Waals surface area contributed by atoms with Gasteiger partial charge in [0, 0.05) is 17.1 Å². The molecule has 2 aromatic carbocycles. The van der Waals surface area contributed by atoms with Crippen LogP contribution in [0.1, 0.15) is 27.2 Å². The van der Waals surface area contributed by atoms with Crippen molar-refractivity contribution in [2.24, 2.45) is 0 Å². The molecular formula is C22H22N2O4. The minimum absolute atomic E-state index is 0.331. The lowest BCUT2D eigenvalue weighted by atomic mass is 10.1. The van der Waals surface area contributed by atoms with Crippen molar-refractivity contribution in [3.63, 3.8) is 0 Å². The van der Waals surface area contributed by atoms with Crippen molar-refractivity contribution in [2.75, 3.05) is 19.0 Å². The van der Waals surface area contributed by atoms with Gasteiger partial charge in [-0.1, -0.05) is 12.1 Å². The molecule has 3 rings (SSSR count). The maximum Gasteiger partial charge on any atom is 0.340 e. The van der Waals surface area contributed by atoms with Gasteiger partial charge in [0.05, 0.1) is 23.9 Å². The maximum atomic E-state index is 12.4. The Hall–Kier alpha value is -3.41. The number of methoxy groups -OCH3 is 1. The van der Waals surface area contributed by atoms with Crippen molar-refractivity contribution in [1.29, 1.82) is 0 Å².